The molecule has 1 aromatic rings. The summed E-state index contributed by atoms with van der Waals surface area (Å²) in [4.78, 5) is 25.2. The van der Waals surface area contributed by atoms with Crippen LogP contribution in [0.4, 0.5) is 11.4 Å². The zero-order valence-electron chi connectivity index (χ0n) is 10.5. The molecule has 0 radical (unpaired) electrons. The summed E-state index contributed by atoms with van der Waals surface area (Å²) in [6.07, 6.45) is 0. The topological polar surface area (TPSA) is 73.5 Å². The fourth-order valence-corrected chi connectivity index (χ4v) is 2.37. The lowest BCUT2D eigenvalue weighted by molar-refractivity contribution is -0.123. The van der Waals surface area contributed by atoms with E-state index in [-0.39, 0.29) is 18.4 Å². The number of hydrogen-bond donors (Lipinski definition) is 3. The Morgan fingerprint density at radius 3 is 2.63 bits per heavy atom. The van der Waals surface area contributed by atoms with Gasteiger partial charge in [0.2, 0.25) is 5.91 Å². The fourth-order valence-electron chi connectivity index (χ4n) is 2.37. The van der Waals surface area contributed by atoms with Crippen molar-refractivity contribution in [3.05, 3.63) is 23.8 Å². The molecule has 1 aromatic carbocycles. The van der Waals surface area contributed by atoms with Gasteiger partial charge >= 0.3 is 0 Å². The van der Waals surface area contributed by atoms with Gasteiger partial charge in [0.05, 0.1) is 17.9 Å². The van der Waals surface area contributed by atoms with E-state index in [1.54, 1.807) is 11.0 Å². The Labute approximate surface area is 111 Å². The van der Waals surface area contributed by atoms with Crippen molar-refractivity contribution in [2.45, 2.75) is 0 Å². The van der Waals surface area contributed by atoms with E-state index in [9.17, 15) is 9.59 Å². The molecular weight excluding hydrogens is 244 g/mol. The van der Waals surface area contributed by atoms with Crippen molar-refractivity contribution < 1.29 is 9.59 Å². The Hall–Kier alpha value is -2.24. The van der Waals surface area contributed by atoms with Gasteiger partial charge in [0, 0.05) is 31.7 Å². The van der Waals surface area contributed by atoms with Gasteiger partial charge < -0.3 is 20.9 Å². The van der Waals surface area contributed by atoms with Gasteiger partial charge in [0.1, 0.15) is 0 Å². The minimum Gasteiger partial charge on any atom is -0.382 e. The van der Waals surface area contributed by atoms with Crippen molar-refractivity contribution in [3.63, 3.8) is 0 Å². The fraction of sp³-hybridized carbons (Fsp3) is 0.385. The summed E-state index contributed by atoms with van der Waals surface area (Å²) >= 11 is 0. The van der Waals surface area contributed by atoms with Crippen LogP contribution in [0.2, 0.25) is 0 Å². The molecule has 0 bridgehead atoms. The van der Waals surface area contributed by atoms with Crippen LogP contribution in [0.3, 0.4) is 0 Å². The van der Waals surface area contributed by atoms with Crippen LogP contribution in [0.5, 0.6) is 0 Å². The normalized spacial score (nSPS) is 17.9. The number of carbonyl (C=O) groups excluding carboxylic acids is 2. The number of nitrogens with zero attached hydrogens (tertiary/aromatic N) is 1. The number of piperazine rings is 1. The van der Waals surface area contributed by atoms with Gasteiger partial charge in [-0.05, 0) is 18.2 Å². The van der Waals surface area contributed by atoms with E-state index >= 15 is 0 Å². The van der Waals surface area contributed by atoms with Gasteiger partial charge in [0.25, 0.3) is 5.91 Å². The highest BCUT2D eigenvalue weighted by Crippen LogP contribution is 2.25. The number of nitrogens with one attached hydrogen (secondary N) is 3. The first-order valence-electron chi connectivity index (χ1n) is 6.42. The van der Waals surface area contributed by atoms with Crippen LogP contribution in [0.1, 0.15) is 10.4 Å². The van der Waals surface area contributed by atoms with Gasteiger partial charge in [-0.15, -0.1) is 0 Å². The van der Waals surface area contributed by atoms with Crippen molar-refractivity contribution in [3.8, 4) is 0 Å². The van der Waals surface area contributed by atoms with Crippen LogP contribution in [0.15, 0.2) is 18.2 Å². The molecule has 2 heterocycles. The third kappa shape index (κ3) is 2.33. The number of fused-ring (bicyclic) bond motifs is 1. The summed E-state index contributed by atoms with van der Waals surface area (Å²) in [5.74, 6) is -0.192. The second-order valence-electron chi connectivity index (χ2n) is 4.69. The largest absolute Gasteiger partial charge is 0.382 e. The van der Waals surface area contributed by atoms with Gasteiger partial charge in [-0.25, -0.2) is 0 Å². The predicted octanol–water partition coefficient (Wildman–Crippen LogP) is 0.0960. The smallest absolute Gasteiger partial charge is 0.254 e. The van der Waals surface area contributed by atoms with E-state index in [2.05, 4.69) is 16.0 Å². The number of rotatable bonds is 1. The summed E-state index contributed by atoms with van der Waals surface area (Å²) in [6.45, 7) is 2.95. The molecular formula is C13H16N4O2. The molecule has 2 aliphatic heterocycles. The SMILES string of the molecule is O=C1CN(C(=O)c2ccc3c(c2)NCCN3)CCN1. The van der Waals surface area contributed by atoms with Crippen LogP contribution in [-0.2, 0) is 4.79 Å². The molecule has 3 rings (SSSR count). The molecule has 2 amide bonds. The minimum atomic E-state index is -0.0997. The van der Waals surface area contributed by atoms with Crippen LogP contribution in [-0.4, -0.2) is 49.4 Å². The lowest BCUT2D eigenvalue weighted by Gasteiger charge is -2.27. The van der Waals surface area contributed by atoms with E-state index < -0.39 is 0 Å². The molecule has 1 fully saturated rings. The quantitative estimate of drug-likeness (QED) is 0.669. The zero-order valence-corrected chi connectivity index (χ0v) is 10.5. The van der Waals surface area contributed by atoms with E-state index in [0.29, 0.717) is 18.7 Å². The van der Waals surface area contributed by atoms with E-state index in [1.165, 1.54) is 0 Å². The molecule has 0 unspecified atom stereocenters. The molecule has 1 saturated heterocycles. The Bertz CT molecular complexity index is 529. The molecule has 6 heteroatoms. The highest BCUT2D eigenvalue weighted by atomic mass is 16.2. The lowest BCUT2D eigenvalue weighted by Crippen LogP contribution is -2.49. The summed E-state index contributed by atoms with van der Waals surface area (Å²) in [6, 6.07) is 5.54. The van der Waals surface area contributed by atoms with Crippen molar-refractivity contribution >= 4 is 23.2 Å². The van der Waals surface area contributed by atoms with Crippen molar-refractivity contribution in [1.29, 1.82) is 0 Å². The molecule has 100 valence electrons. The Kier molecular flexibility index (Phi) is 2.98. The Morgan fingerprint density at radius 1 is 1.05 bits per heavy atom. The first kappa shape index (κ1) is 11.8. The third-order valence-electron chi connectivity index (χ3n) is 3.35. The predicted molar refractivity (Wildman–Crippen MR) is 72.3 cm³/mol. The maximum absolute atomic E-state index is 12.3. The summed E-state index contributed by atoms with van der Waals surface area (Å²) < 4.78 is 0. The third-order valence-corrected chi connectivity index (χ3v) is 3.35. The zero-order chi connectivity index (χ0) is 13.2. The monoisotopic (exact) mass is 260 g/mol. The maximum Gasteiger partial charge on any atom is 0.254 e. The van der Waals surface area contributed by atoms with E-state index in [0.717, 1.165) is 24.5 Å². The van der Waals surface area contributed by atoms with Crippen molar-refractivity contribution in [2.75, 3.05) is 43.4 Å². The lowest BCUT2D eigenvalue weighted by atomic mass is 10.1. The average molecular weight is 260 g/mol. The first-order chi connectivity index (χ1) is 9.24. The van der Waals surface area contributed by atoms with Gasteiger partial charge in [-0.1, -0.05) is 0 Å². The number of hydrogen-bond acceptors (Lipinski definition) is 4. The Morgan fingerprint density at radius 2 is 1.84 bits per heavy atom. The molecule has 0 atom stereocenters. The first-order valence-corrected chi connectivity index (χ1v) is 6.42. The van der Waals surface area contributed by atoms with Crippen molar-refractivity contribution in [1.82, 2.24) is 10.2 Å². The number of anilines is 2. The molecule has 2 aliphatic rings. The summed E-state index contributed by atoms with van der Waals surface area (Å²) in [5, 5.41) is 9.23. The standard InChI is InChI=1S/C13H16N4O2/c18-12-8-17(6-5-16-12)13(19)9-1-2-10-11(7-9)15-4-3-14-10/h1-2,7,14-15H,3-6,8H2,(H,16,18). The van der Waals surface area contributed by atoms with Crippen LogP contribution < -0.4 is 16.0 Å². The molecule has 0 aliphatic carbocycles. The van der Waals surface area contributed by atoms with Gasteiger partial charge in [-0.2, -0.15) is 0 Å². The van der Waals surface area contributed by atoms with E-state index in [4.69, 9.17) is 0 Å². The molecule has 0 saturated carbocycles. The number of amides is 2. The molecule has 19 heavy (non-hydrogen) atoms. The second-order valence-corrected chi connectivity index (χ2v) is 4.69. The van der Waals surface area contributed by atoms with Crippen LogP contribution in [0, 0.1) is 0 Å². The Balaban J connectivity index is 1.81. The molecule has 0 aromatic heterocycles. The maximum atomic E-state index is 12.3. The second kappa shape index (κ2) is 4.79. The molecule has 3 N–H and O–H groups in total. The molecule has 6 nitrogen and oxygen atoms in total. The highest BCUT2D eigenvalue weighted by Gasteiger charge is 2.23. The van der Waals surface area contributed by atoms with Crippen LogP contribution in [0.25, 0.3) is 0 Å². The molecule has 0 spiro atoms. The summed E-state index contributed by atoms with van der Waals surface area (Å²) in [5.41, 5.74) is 2.57. The van der Waals surface area contributed by atoms with Crippen LogP contribution >= 0.6 is 0 Å². The van der Waals surface area contributed by atoms with E-state index in [1.807, 2.05) is 12.1 Å². The van der Waals surface area contributed by atoms with Gasteiger partial charge in [-0.3, -0.25) is 9.59 Å². The number of benzene rings is 1. The number of carbonyl (C=O) groups is 2. The highest BCUT2D eigenvalue weighted by molar-refractivity contribution is 5.98. The minimum absolute atomic E-state index is 0.0926. The van der Waals surface area contributed by atoms with Crippen molar-refractivity contribution in [2.24, 2.45) is 0 Å². The average Bonchev–Trinajstić information content (AvgIpc) is 2.46. The van der Waals surface area contributed by atoms with Gasteiger partial charge in [0.15, 0.2) is 0 Å². The summed E-state index contributed by atoms with van der Waals surface area (Å²) in [7, 11) is 0.